The summed E-state index contributed by atoms with van der Waals surface area (Å²) in [5.41, 5.74) is 2.94. The van der Waals surface area contributed by atoms with Crippen LogP contribution in [0.5, 0.6) is 0 Å². The van der Waals surface area contributed by atoms with Gasteiger partial charge in [-0.25, -0.2) is 0 Å². The molecule has 0 spiro atoms. The molecule has 1 unspecified atom stereocenters. The number of benzene rings is 3. The molecule has 2 N–H and O–H groups in total. The molecule has 0 bridgehead atoms. The van der Waals surface area contributed by atoms with Crippen LogP contribution in [0.2, 0.25) is 0 Å². The number of likely N-dealkylation sites (N-methyl/N-ethyl adjacent to an activating group) is 1. The minimum atomic E-state index is -0.551. The Morgan fingerprint density at radius 2 is 1.10 bits per heavy atom. The van der Waals surface area contributed by atoms with Crippen molar-refractivity contribution in [2.45, 2.75) is 25.4 Å². The molecule has 3 heteroatoms. The molecule has 0 heterocycles. The Hall–Kier alpha value is -2.46. The Balaban J connectivity index is 2.17. The van der Waals surface area contributed by atoms with Crippen molar-refractivity contribution in [2.24, 2.45) is 0 Å². The first-order chi connectivity index (χ1) is 14.2. The van der Waals surface area contributed by atoms with E-state index in [4.69, 9.17) is 0 Å². The molecule has 0 saturated heterocycles. The Morgan fingerprint density at radius 1 is 0.724 bits per heavy atom. The molecule has 0 fully saturated rings. The van der Waals surface area contributed by atoms with Gasteiger partial charge >= 0.3 is 0 Å². The SMILES string of the molecule is CCN(CC)CC(CO)NC(c1ccccc1)(c1ccccc1)c1ccccc1. The van der Waals surface area contributed by atoms with Crippen LogP contribution in [0.3, 0.4) is 0 Å². The van der Waals surface area contributed by atoms with Crippen LogP contribution in [-0.4, -0.2) is 42.3 Å². The smallest absolute Gasteiger partial charge is 0.0951 e. The maximum absolute atomic E-state index is 10.3. The molecule has 29 heavy (non-hydrogen) atoms. The van der Waals surface area contributed by atoms with Gasteiger partial charge in [0.05, 0.1) is 12.1 Å². The van der Waals surface area contributed by atoms with E-state index in [0.717, 1.165) is 36.3 Å². The third-order valence-electron chi connectivity index (χ3n) is 5.63. The summed E-state index contributed by atoms with van der Waals surface area (Å²) in [6.45, 7) is 7.11. The van der Waals surface area contributed by atoms with Crippen molar-refractivity contribution in [3.05, 3.63) is 108 Å². The van der Waals surface area contributed by atoms with E-state index in [0.29, 0.717) is 0 Å². The maximum Gasteiger partial charge on any atom is 0.0951 e. The fourth-order valence-electron chi connectivity index (χ4n) is 4.06. The summed E-state index contributed by atoms with van der Waals surface area (Å²) in [6, 6.07) is 31.5. The van der Waals surface area contributed by atoms with Gasteiger partial charge < -0.3 is 10.0 Å². The molecule has 3 aromatic carbocycles. The molecule has 0 aliphatic rings. The summed E-state index contributed by atoms with van der Waals surface area (Å²) in [5, 5.41) is 14.2. The number of aliphatic hydroxyl groups excluding tert-OH is 1. The zero-order chi connectivity index (χ0) is 20.5. The monoisotopic (exact) mass is 388 g/mol. The van der Waals surface area contributed by atoms with Crippen LogP contribution in [0.25, 0.3) is 0 Å². The highest BCUT2D eigenvalue weighted by Gasteiger charge is 2.38. The van der Waals surface area contributed by atoms with Gasteiger partial charge in [0.1, 0.15) is 0 Å². The van der Waals surface area contributed by atoms with Crippen molar-refractivity contribution in [1.82, 2.24) is 10.2 Å². The van der Waals surface area contributed by atoms with Gasteiger partial charge in [-0.3, -0.25) is 5.32 Å². The number of nitrogens with zero attached hydrogens (tertiary/aromatic N) is 1. The average Bonchev–Trinajstić information content (AvgIpc) is 2.81. The van der Waals surface area contributed by atoms with E-state index in [9.17, 15) is 5.11 Å². The second kappa shape index (κ2) is 10.4. The van der Waals surface area contributed by atoms with Crippen LogP contribution in [0.15, 0.2) is 91.0 Å². The summed E-state index contributed by atoms with van der Waals surface area (Å²) in [6.07, 6.45) is 0. The van der Waals surface area contributed by atoms with Crippen LogP contribution >= 0.6 is 0 Å². The molecule has 1 atom stereocenters. The lowest BCUT2D eigenvalue weighted by atomic mass is 9.76. The van der Waals surface area contributed by atoms with Gasteiger partial charge in [0.15, 0.2) is 0 Å². The maximum atomic E-state index is 10.3. The molecular formula is C26H32N2O. The van der Waals surface area contributed by atoms with Crippen LogP contribution in [0, 0.1) is 0 Å². The van der Waals surface area contributed by atoms with Crippen LogP contribution in [-0.2, 0) is 5.54 Å². The summed E-state index contributed by atoms with van der Waals surface area (Å²) in [7, 11) is 0. The predicted octanol–water partition coefficient (Wildman–Crippen LogP) is 4.27. The molecule has 0 saturated carbocycles. The number of rotatable bonds is 10. The van der Waals surface area contributed by atoms with Crippen LogP contribution in [0.1, 0.15) is 30.5 Å². The van der Waals surface area contributed by atoms with Gasteiger partial charge in [-0.2, -0.15) is 0 Å². The zero-order valence-electron chi connectivity index (χ0n) is 17.5. The van der Waals surface area contributed by atoms with Gasteiger partial charge in [0.25, 0.3) is 0 Å². The normalized spacial score (nSPS) is 12.8. The fourth-order valence-corrected chi connectivity index (χ4v) is 4.06. The van der Waals surface area contributed by atoms with Gasteiger partial charge in [-0.05, 0) is 29.8 Å². The van der Waals surface area contributed by atoms with Crippen molar-refractivity contribution in [3.8, 4) is 0 Å². The highest BCUT2D eigenvalue weighted by atomic mass is 16.3. The molecule has 3 rings (SSSR count). The Labute approximate surface area is 175 Å². The van der Waals surface area contributed by atoms with E-state index in [1.54, 1.807) is 0 Å². The van der Waals surface area contributed by atoms with E-state index < -0.39 is 5.54 Å². The summed E-state index contributed by atoms with van der Waals surface area (Å²) in [4.78, 5) is 2.35. The quantitative estimate of drug-likeness (QED) is 0.509. The van der Waals surface area contributed by atoms with Crippen LogP contribution in [0.4, 0.5) is 0 Å². The lowest BCUT2D eigenvalue weighted by Crippen LogP contribution is -2.54. The first-order valence-electron chi connectivity index (χ1n) is 10.5. The van der Waals surface area contributed by atoms with Crippen molar-refractivity contribution >= 4 is 0 Å². The first kappa shape index (κ1) is 21.3. The van der Waals surface area contributed by atoms with E-state index in [1.165, 1.54) is 0 Å². The highest BCUT2D eigenvalue weighted by molar-refractivity contribution is 5.49. The molecule has 0 aliphatic carbocycles. The zero-order valence-corrected chi connectivity index (χ0v) is 17.5. The lowest BCUT2D eigenvalue weighted by Gasteiger charge is -2.41. The number of nitrogens with one attached hydrogen (secondary N) is 1. The Bertz CT molecular complexity index is 736. The van der Waals surface area contributed by atoms with Crippen molar-refractivity contribution in [3.63, 3.8) is 0 Å². The highest BCUT2D eigenvalue weighted by Crippen LogP contribution is 2.37. The number of hydrogen-bond donors (Lipinski definition) is 2. The predicted molar refractivity (Wildman–Crippen MR) is 121 cm³/mol. The van der Waals surface area contributed by atoms with Crippen molar-refractivity contribution < 1.29 is 5.11 Å². The van der Waals surface area contributed by atoms with Crippen LogP contribution < -0.4 is 5.32 Å². The van der Waals surface area contributed by atoms with Gasteiger partial charge in [-0.1, -0.05) is 105 Å². The van der Waals surface area contributed by atoms with Crippen molar-refractivity contribution in [1.29, 1.82) is 0 Å². The summed E-state index contributed by atoms with van der Waals surface area (Å²) >= 11 is 0. The van der Waals surface area contributed by atoms with Gasteiger partial charge in [-0.15, -0.1) is 0 Å². The van der Waals surface area contributed by atoms with Gasteiger partial charge in [0.2, 0.25) is 0 Å². The molecule has 152 valence electrons. The second-order valence-corrected chi connectivity index (χ2v) is 7.36. The van der Waals surface area contributed by atoms with Gasteiger partial charge in [0, 0.05) is 12.6 Å². The fraction of sp³-hybridized carbons (Fsp3) is 0.308. The topological polar surface area (TPSA) is 35.5 Å². The minimum Gasteiger partial charge on any atom is -0.395 e. The number of aliphatic hydroxyl groups is 1. The Kier molecular flexibility index (Phi) is 7.59. The molecule has 0 aromatic heterocycles. The lowest BCUT2D eigenvalue weighted by molar-refractivity contribution is 0.173. The molecule has 0 aliphatic heterocycles. The molecule has 3 nitrogen and oxygen atoms in total. The van der Waals surface area contributed by atoms with E-state index in [-0.39, 0.29) is 12.6 Å². The van der Waals surface area contributed by atoms with E-state index in [2.05, 4.69) is 96.9 Å². The third kappa shape index (κ3) is 4.76. The average molecular weight is 389 g/mol. The summed E-state index contributed by atoms with van der Waals surface area (Å²) in [5.74, 6) is 0. The second-order valence-electron chi connectivity index (χ2n) is 7.36. The standard InChI is InChI=1S/C26H32N2O/c1-3-28(4-2)20-25(21-29)27-26(22-14-8-5-9-15-22,23-16-10-6-11-17-23)24-18-12-7-13-19-24/h5-19,25,27,29H,3-4,20-21H2,1-2H3. The number of hydrogen-bond acceptors (Lipinski definition) is 3. The summed E-state index contributed by atoms with van der Waals surface area (Å²) < 4.78 is 0. The molecule has 0 radical (unpaired) electrons. The molecule has 3 aromatic rings. The first-order valence-corrected chi connectivity index (χ1v) is 10.5. The van der Waals surface area contributed by atoms with Crippen molar-refractivity contribution in [2.75, 3.05) is 26.2 Å². The largest absolute Gasteiger partial charge is 0.395 e. The minimum absolute atomic E-state index is 0.0736. The van der Waals surface area contributed by atoms with E-state index >= 15 is 0 Å². The molecule has 0 amide bonds. The Morgan fingerprint density at radius 3 is 1.41 bits per heavy atom. The van der Waals surface area contributed by atoms with E-state index in [1.807, 2.05) is 18.2 Å². The third-order valence-corrected chi connectivity index (χ3v) is 5.63. The molecular weight excluding hydrogens is 356 g/mol.